The predicted molar refractivity (Wildman–Crippen MR) is 104 cm³/mol. The molecule has 1 saturated carbocycles. The second kappa shape index (κ2) is 8.51. The monoisotopic (exact) mass is 359 g/mol. The number of rotatable bonds is 6. The molecule has 1 aromatic carbocycles. The molecule has 0 bridgehead atoms. The number of ether oxygens (including phenoxy) is 1. The van der Waals surface area contributed by atoms with E-state index in [1.54, 1.807) is 0 Å². The van der Waals surface area contributed by atoms with Crippen LogP contribution in [0, 0.1) is 6.92 Å². The van der Waals surface area contributed by atoms with Crippen molar-refractivity contribution in [3.05, 3.63) is 35.4 Å². The first-order valence-electron chi connectivity index (χ1n) is 9.84. The van der Waals surface area contributed by atoms with Crippen molar-refractivity contribution in [2.45, 2.75) is 44.2 Å². The fourth-order valence-corrected chi connectivity index (χ4v) is 4.32. The number of hydrogen-bond acceptors (Lipinski definition) is 4. The fraction of sp³-hybridized carbons (Fsp3) is 0.667. The van der Waals surface area contributed by atoms with Crippen molar-refractivity contribution in [2.75, 3.05) is 46.9 Å². The molecule has 1 aliphatic carbocycles. The van der Waals surface area contributed by atoms with Crippen LogP contribution in [0.3, 0.4) is 0 Å². The minimum absolute atomic E-state index is 0.0899. The van der Waals surface area contributed by atoms with Crippen LogP contribution in [0.5, 0.6) is 0 Å². The topological polar surface area (TPSA) is 44.8 Å². The lowest BCUT2D eigenvalue weighted by atomic mass is 9.94. The molecule has 1 heterocycles. The Balaban J connectivity index is 1.73. The molecule has 3 rings (SSSR count). The van der Waals surface area contributed by atoms with Gasteiger partial charge in [-0.2, -0.15) is 0 Å². The van der Waals surface area contributed by atoms with E-state index in [2.05, 4.69) is 41.4 Å². The number of hydrogen-bond donors (Lipinski definition) is 1. The SMILES string of the molecule is Cc1ccc([C@@H](C(=O)NC2(CN3CCOCC3)CCCC2)N(C)C)cc1. The van der Waals surface area contributed by atoms with Crippen LogP contribution in [-0.2, 0) is 9.53 Å². The summed E-state index contributed by atoms with van der Waals surface area (Å²) in [6.07, 6.45) is 4.54. The minimum atomic E-state index is -0.252. The van der Waals surface area contributed by atoms with Gasteiger partial charge in [0.25, 0.3) is 0 Å². The van der Waals surface area contributed by atoms with E-state index in [9.17, 15) is 4.79 Å². The summed E-state index contributed by atoms with van der Waals surface area (Å²) in [5.74, 6) is 0.119. The summed E-state index contributed by atoms with van der Waals surface area (Å²) in [7, 11) is 3.96. The van der Waals surface area contributed by atoms with Crippen molar-refractivity contribution in [3.8, 4) is 0 Å². The predicted octanol–water partition coefficient (Wildman–Crippen LogP) is 2.36. The molecule has 1 aliphatic heterocycles. The molecular formula is C21H33N3O2. The number of nitrogens with zero attached hydrogens (tertiary/aromatic N) is 2. The van der Waals surface area contributed by atoms with Gasteiger partial charge in [-0.15, -0.1) is 0 Å². The van der Waals surface area contributed by atoms with E-state index in [0.29, 0.717) is 0 Å². The Morgan fingerprint density at radius 3 is 2.38 bits per heavy atom. The highest BCUT2D eigenvalue weighted by molar-refractivity contribution is 5.84. The van der Waals surface area contributed by atoms with Gasteiger partial charge in [0.05, 0.1) is 18.8 Å². The second-order valence-electron chi connectivity index (χ2n) is 8.14. The third kappa shape index (κ3) is 4.64. The summed E-state index contributed by atoms with van der Waals surface area (Å²) in [5.41, 5.74) is 2.18. The van der Waals surface area contributed by atoms with Crippen molar-refractivity contribution >= 4 is 5.91 Å². The summed E-state index contributed by atoms with van der Waals surface area (Å²) < 4.78 is 5.48. The van der Waals surface area contributed by atoms with Gasteiger partial charge in [0.1, 0.15) is 6.04 Å². The van der Waals surface area contributed by atoms with Crippen LogP contribution >= 0.6 is 0 Å². The molecule has 5 nitrogen and oxygen atoms in total. The van der Waals surface area contributed by atoms with Gasteiger partial charge in [-0.1, -0.05) is 42.7 Å². The molecule has 0 unspecified atom stereocenters. The minimum Gasteiger partial charge on any atom is -0.379 e. The summed E-state index contributed by atoms with van der Waals surface area (Å²) in [5, 5.41) is 3.47. The summed E-state index contributed by atoms with van der Waals surface area (Å²) in [6.45, 7) is 6.54. The molecule has 1 atom stereocenters. The summed E-state index contributed by atoms with van der Waals surface area (Å²) in [4.78, 5) is 17.7. The number of benzene rings is 1. The first-order chi connectivity index (χ1) is 12.5. The van der Waals surface area contributed by atoms with Gasteiger partial charge in [-0.3, -0.25) is 14.6 Å². The highest BCUT2D eigenvalue weighted by Gasteiger charge is 2.39. The highest BCUT2D eigenvalue weighted by atomic mass is 16.5. The van der Waals surface area contributed by atoms with Gasteiger partial charge in [-0.05, 0) is 39.4 Å². The molecule has 0 aromatic heterocycles. The van der Waals surface area contributed by atoms with Crippen LogP contribution in [0.1, 0.15) is 42.9 Å². The van der Waals surface area contributed by atoms with Gasteiger partial charge in [-0.25, -0.2) is 0 Å². The van der Waals surface area contributed by atoms with Crippen molar-refractivity contribution in [2.24, 2.45) is 0 Å². The first kappa shape index (κ1) is 19.3. The number of carbonyl (C=O) groups is 1. The van der Waals surface area contributed by atoms with Gasteiger partial charge in [0.2, 0.25) is 5.91 Å². The normalized spacial score (nSPS) is 21.7. The van der Waals surface area contributed by atoms with E-state index in [1.165, 1.54) is 18.4 Å². The molecule has 26 heavy (non-hydrogen) atoms. The number of aryl methyl sites for hydroxylation is 1. The Hall–Kier alpha value is -1.43. The van der Waals surface area contributed by atoms with Crippen LogP contribution < -0.4 is 5.32 Å². The molecule has 2 aliphatic rings. The first-order valence-corrected chi connectivity index (χ1v) is 9.84. The van der Waals surface area contributed by atoms with Crippen molar-refractivity contribution in [3.63, 3.8) is 0 Å². The molecule has 1 aromatic rings. The molecule has 0 spiro atoms. The van der Waals surface area contributed by atoms with E-state index in [4.69, 9.17) is 4.74 Å². The lowest BCUT2D eigenvalue weighted by molar-refractivity contribution is -0.128. The van der Waals surface area contributed by atoms with Gasteiger partial charge < -0.3 is 10.1 Å². The molecule has 1 N–H and O–H groups in total. The van der Waals surface area contributed by atoms with E-state index >= 15 is 0 Å². The number of nitrogens with one attached hydrogen (secondary N) is 1. The molecule has 0 radical (unpaired) electrons. The quantitative estimate of drug-likeness (QED) is 0.847. The Labute approximate surface area is 157 Å². The number of likely N-dealkylation sites (N-methyl/N-ethyl adjacent to an activating group) is 1. The van der Waals surface area contributed by atoms with E-state index in [1.807, 2.05) is 19.0 Å². The lowest BCUT2D eigenvalue weighted by Crippen LogP contribution is -2.57. The van der Waals surface area contributed by atoms with Gasteiger partial charge in [0.15, 0.2) is 0 Å². The Bertz CT molecular complexity index is 588. The third-order valence-corrected chi connectivity index (χ3v) is 5.74. The Morgan fingerprint density at radius 2 is 1.81 bits per heavy atom. The van der Waals surface area contributed by atoms with Crippen LogP contribution in [-0.4, -0.2) is 68.2 Å². The maximum absolute atomic E-state index is 13.3. The molecule has 1 amide bonds. The van der Waals surface area contributed by atoms with Crippen molar-refractivity contribution < 1.29 is 9.53 Å². The summed E-state index contributed by atoms with van der Waals surface area (Å²) >= 11 is 0. The molecule has 144 valence electrons. The zero-order valence-electron chi connectivity index (χ0n) is 16.5. The van der Waals surface area contributed by atoms with Crippen LogP contribution in [0.4, 0.5) is 0 Å². The smallest absolute Gasteiger partial charge is 0.242 e. The second-order valence-corrected chi connectivity index (χ2v) is 8.14. The van der Waals surface area contributed by atoms with Gasteiger partial charge in [0, 0.05) is 19.6 Å². The zero-order valence-corrected chi connectivity index (χ0v) is 16.5. The molecular weight excluding hydrogens is 326 g/mol. The molecule has 2 fully saturated rings. The van der Waals surface area contributed by atoms with Crippen LogP contribution in [0.2, 0.25) is 0 Å². The maximum atomic E-state index is 13.3. The number of morpholine rings is 1. The number of carbonyl (C=O) groups excluding carboxylic acids is 1. The standard InChI is InChI=1S/C21H33N3O2/c1-17-6-8-18(9-7-17)19(23(2)3)20(25)22-21(10-4-5-11-21)16-24-12-14-26-15-13-24/h6-9,19H,4-5,10-16H2,1-3H3,(H,22,25)/t19-/m0/s1. The fourth-order valence-electron chi connectivity index (χ4n) is 4.32. The summed E-state index contributed by atoms with van der Waals surface area (Å²) in [6, 6.07) is 8.06. The number of amides is 1. The zero-order chi connectivity index (χ0) is 18.6. The molecule has 5 heteroatoms. The van der Waals surface area contributed by atoms with Gasteiger partial charge >= 0.3 is 0 Å². The Morgan fingerprint density at radius 1 is 1.19 bits per heavy atom. The third-order valence-electron chi connectivity index (χ3n) is 5.74. The van der Waals surface area contributed by atoms with E-state index < -0.39 is 0 Å². The highest BCUT2D eigenvalue weighted by Crippen LogP contribution is 2.32. The van der Waals surface area contributed by atoms with E-state index in [0.717, 1.165) is 51.3 Å². The van der Waals surface area contributed by atoms with Crippen LogP contribution in [0.25, 0.3) is 0 Å². The average molecular weight is 360 g/mol. The van der Waals surface area contributed by atoms with Crippen molar-refractivity contribution in [1.29, 1.82) is 0 Å². The largest absolute Gasteiger partial charge is 0.379 e. The van der Waals surface area contributed by atoms with Crippen molar-refractivity contribution in [1.82, 2.24) is 15.1 Å². The lowest BCUT2D eigenvalue weighted by Gasteiger charge is -2.39. The molecule has 1 saturated heterocycles. The maximum Gasteiger partial charge on any atom is 0.242 e. The average Bonchev–Trinajstić information content (AvgIpc) is 3.05. The Kier molecular flexibility index (Phi) is 6.33. The van der Waals surface area contributed by atoms with Crippen LogP contribution in [0.15, 0.2) is 24.3 Å². The van der Waals surface area contributed by atoms with E-state index in [-0.39, 0.29) is 17.5 Å².